The van der Waals surface area contributed by atoms with Gasteiger partial charge in [-0.1, -0.05) is 12.1 Å². The van der Waals surface area contributed by atoms with Crippen LogP contribution in [0.3, 0.4) is 0 Å². The maximum Gasteiger partial charge on any atom is 0.227 e. The summed E-state index contributed by atoms with van der Waals surface area (Å²) in [7, 11) is 1.66. The molecule has 0 fully saturated rings. The van der Waals surface area contributed by atoms with E-state index in [1.54, 1.807) is 7.11 Å². The van der Waals surface area contributed by atoms with E-state index >= 15 is 0 Å². The number of anilines is 1. The lowest BCUT2D eigenvalue weighted by molar-refractivity contribution is 0.184. The van der Waals surface area contributed by atoms with Crippen LogP contribution in [0.15, 0.2) is 30.6 Å². The zero-order valence-corrected chi connectivity index (χ0v) is 10.4. The Hall–Kier alpha value is -2.14. The Bertz CT molecular complexity index is 544. The average molecular weight is 245 g/mol. The predicted octanol–water partition coefficient (Wildman–Crippen LogP) is 2.31. The summed E-state index contributed by atoms with van der Waals surface area (Å²) >= 11 is 0. The molecule has 0 bridgehead atoms. The zero-order valence-electron chi connectivity index (χ0n) is 10.4. The summed E-state index contributed by atoms with van der Waals surface area (Å²) in [4.78, 5) is 7.96. The van der Waals surface area contributed by atoms with Crippen molar-refractivity contribution in [3.8, 4) is 11.6 Å². The van der Waals surface area contributed by atoms with Gasteiger partial charge in [0, 0.05) is 7.11 Å². The van der Waals surface area contributed by atoms with Crippen LogP contribution in [0.25, 0.3) is 0 Å². The molecule has 0 radical (unpaired) electrons. The Morgan fingerprint density at radius 1 is 1.28 bits per heavy atom. The SMILES string of the molecule is COCc1cccc(Oc2ncnc(N)c2C)c1. The summed E-state index contributed by atoms with van der Waals surface area (Å²) in [5, 5.41) is 0. The highest BCUT2D eigenvalue weighted by molar-refractivity contribution is 5.45. The van der Waals surface area contributed by atoms with E-state index in [2.05, 4.69) is 9.97 Å². The van der Waals surface area contributed by atoms with Gasteiger partial charge in [0.05, 0.1) is 12.2 Å². The van der Waals surface area contributed by atoms with Gasteiger partial charge in [-0.2, -0.15) is 0 Å². The van der Waals surface area contributed by atoms with Crippen molar-refractivity contribution in [3.63, 3.8) is 0 Å². The standard InChI is InChI=1S/C13H15N3O2/c1-9-12(14)15-8-16-13(9)18-11-5-3-4-10(6-11)7-17-2/h3-6,8H,7H2,1-2H3,(H2,14,15,16). The van der Waals surface area contributed by atoms with E-state index in [-0.39, 0.29) is 0 Å². The molecule has 18 heavy (non-hydrogen) atoms. The number of benzene rings is 1. The summed E-state index contributed by atoms with van der Waals surface area (Å²) in [5.41, 5.74) is 7.47. The third-order valence-electron chi connectivity index (χ3n) is 2.50. The van der Waals surface area contributed by atoms with E-state index < -0.39 is 0 Å². The van der Waals surface area contributed by atoms with Crippen LogP contribution in [0.5, 0.6) is 11.6 Å². The molecule has 0 aliphatic heterocycles. The topological polar surface area (TPSA) is 70.3 Å². The number of rotatable bonds is 4. The van der Waals surface area contributed by atoms with Crippen molar-refractivity contribution in [2.75, 3.05) is 12.8 Å². The van der Waals surface area contributed by atoms with Crippen LogP contribution in [0.1, 0.15) is 11.1 Å². The molecule has 0 amide bonds. The van der Waals surface area contributed by atoms with Crippen molar-refractivity contribution in [1.29, 1.82) is 0 Å². The Labute approximate surface area is 106 Å². The fourth-order valence-electron chi connectivity index (χ4n) is 1.53. The van der Waals surface area contributed by atoms with E-state index in [1.165, 1.54) is 6.33 Å². The number of nitrogens with zero attached hydrogens (tertiary/aromatic N) is 2. The molecule has 0 aliphatic carbocycles. The summed E-state index contributed by atoms with van der Waals surface area (Å²) in [6.45, 7) is 2.37. The summed E-state index contributed by atoms with van der Waals surface area (Å²) in [5.74, 6) is 1.59. The van der Waals surface area contributed by atoms with Gasteiger partial charge in [-0.15, -0.1) is 0 Å². The first kappa shape index (κ1) is 12.3. The number of nitrogens with two attached hydrogens (primary N) is 1. The molecular weight excluding hydrogens is 230 g/mol. The van der Waals surface area contributed by atoms with Crippen LogP contribution in [0.4, 0.5) is 5.82 Å². The van der Waals surface area contributed by atoms with Gasteiger partial charge in [-0.05, 0) is 24.6 Å². The first-order chi connectivity index (χ1) is 8.70. The third-order valence-corrected chi connectivity index (χ3v) is 2.50. The Balaban J connectivity index is 2.23. The minimum Gasteiger partial charge on any atom is -0.439 e. The van der Waals surface area contributed by atoms with Crippen LogP contribution in [0, 0.1) is 6.92 Å². The van der Waals surface area contributed by atoms with Crippen molar-refractivity contribution in [3.05, 3.63) is 41.7 Å². The lowest BCUT2D eigenvalue weighted by Crippen LogP contribution is -1.99. The zero-order chi connectivity index (χ0) is 13.0. The maximum atomic E-state index is 5.70. The van der Waals surface area contributed by atoms with Gasteiger partial charge in [0.25, 0.3) is 0 Å². The molecule has 94 valence electrons. The quantitative estimate of drug-likeness (QED) is 0.895. The molecule has 1 aromatic carbocycles. The summed E-state index contributed by atoms with van der Waals surface area (Å²) in [6.07, 6.45) is 1.39. The van der Waals surface area contributed by atoms with Crippen molar-refractivity contribution in [1.82, 2.24) is 9.97 Å². The number of methoxy groups -OCH3 is 1. The highest BCUT2D eigenvalue weighted by Gasteiger charge is 2.06. The molecule has 0 aliphatic rings. The minimum absolute atomic E-state index is 0.424. The highest BCUT2D eigenvalue weighted by atomic mass is 16.5. The molecule has 2 rings (SSSR count). The van der Waals surface area contributed by atoms with Gasteiger partial charge in [0.15, 0.2) is 0 Å². The molecular formula is C13H15N3O2. The normalized spacial score (nSPS) is 10.3. The fourth-order valence-corrected chi connectivity index (χ4v) is 1.53. The maximum absolute atomic E-state index is 5.70. The van der Waals surface area contributed by atoms with Crippen LogP contribution in [0.2, 0.25) is 0 Å². The third kappa shape index (κ3) is 2.75. The van der Waals surface area contributed by atoms with Gasteiger partial charge in [-0.3, -0.25) is 0 Å². The van der Waals surface area contributed by atoms with Gasteiger partial charge in [0.2, 0.25) is 5.88 Å². The number of hydrogen-bond acceptors (Lipinski definition) is 5. The monoisotopic (exact) mass is 245 g/mol. The van der Waals surface area contributed by atoms with E-state index in [0.717, 1.165) is 11.1 Å². The van der Waals surface area contributed by atoms with Crippen LogP contribution < -0.4 is 10.5 Å². The van der Waals surface area contributed by atoms with Gasteiger partial charge >= 0.3 is 0 Å². The molecule has 0 saturated heterocycles. The highest BCUT2D eigenvalue weighted by Crippen LogP contribution is 2.25. The second kappa shape index (κ2) is 5.46. The molecule has 2 aromatic rings. The lowest BCUT2D eigenvalue weighted by atomic mass is 10.2. The van der Waals surface area contributed by atoms with E-state index in [0.29, 0.717) is 24.1 Å². The fraction of sp³-hybridized carbons (Fsp3) is 0.231. The smallest absolute Gasteiger partial charge is 0.227 e. The second-order valence-electron chi connectivity index (χ2n) is 3.87. The van der Waals surface area contributed by atoms with Crippen LogP contribution >= 0.6 is 0 Å². The molecule has 2 N–H and O–H groups in total. The molecule has 0 atom stereocenters. The van der Waals surface area contributed by atoms with Crippen molar-refractivity contribution in [2.45, 2.75) is 13.5 Å². The predicted molar refractivity (Wildman–Crippen MR) is 68.4 cm³/mol. The summed E-state index contributed by atoms with van der Waals surface area (Å²) in [6, 6.07) is 7.64. The Morgan fingerprint density at radius 2 is 2.11 bits per heavy atom. The van der Waals surface area contributed by atoms with Crippen molar-refractivity contribution in [2.24, 2.45) is 0 Å². The minimum atomic E-state index is 0.424. The van der Waals surface area contributed by atoms with Gasteiger partial charge in [0.1, 0.15) is 17.9 Å². The molecule has 0 spiro atoms. The van der Waals surface area contributed by atoms with Crippen molar-refractivity contribution >= 4 is 5.82 Å². The molecule has 0 unspecified atom stereocenters. The van der Waals surface area contributed by atoms with Gasteiger partial charge < -0.3 is 15.2 Å². The second-order valence-corrected chi connectivity index (χ2v) is 3.87. The van der Waals surface area contributed by atoms with Crippen molar-refractivity contribution < 1.29 is 9.47 Å². The average Bonchev–Trinajstić information content (AvgIpc) is 2.36. The van der Waals surface area contributed by atoms with Gasteiger partial charge in [-0.25, -0.2) is 9.97 Å². The van der Waals surface area contributed by atoms with Crippen LogP contribution in [-0.4, -0.2) is 17.1 Å². The largest absolute Gasteiger partial charge is 0.439 e. The van der Waals surface area contributed by atoms with E-state index in [4.69, 9.17) is 15.2 Å². The summed E-state index contributed by atoms with van der Waals surface area (Å²) < 4.78 is 10.8. The number of hydrogen-bond donors (Lipinski definition) is 1. The van der Waals surface area contributed by atoms with E-state index in [1.807, 2.05) is 31.2 Å². The lowest BCUT2D eigenvalue weighted by Gasteiger charge is -2.09. The first-order valence-electron chi connectivity index (χ1n) is 5.53. The Morgan fingerprint density at radius 3 is 2.89 bits per heavy atom. The molecule has 1 heterocycles. The number of nitrogen functional groups attached to an aromatic ring is 1. The molecule has 5 nitrogen and oxygen atoms in total. The molecule has 5 heteroatoms. The number of aromatic nitrogens is 2. The number of ether oxygens (including phenoxy) is 2. The Kier molecular flexibility index (Phi) is 3.74. The first-order valence-corrected chi connectivity index (χ1v) is 5.53. The van der Waals surface area contributed by atoms with E-state index in [9.17, 15) is 0 Å². The molecule has 1 aromatic heterocycles. The van der Waals surface area contributed by atoms with Crippen LogP contribution in [-0.2, 0) is 11.3 Å². The molecule has 0 saturated carbocycles.